The van der Waals surface area contributed by atoms with Gasteiger partial charge in [0.05, 0.1) is 0 Å². The molecule has 1 unspecified atom stereocenters. The standard InChI is InChI=1S/C10H11ClFN/c1-10(12)5-6-13-8-4-2-3-7(11)9(8)10/h2-4,13H,5-6H2,1H3. The largest absolute Gasteiger partial charge is 0.385 e. The average Bonchev–Trinajstić information content (AvgIpc) is 2.02. The third-order valence-electron chi connectivity index (χ3n) is 2.44. The summed E-state index contributed by atoms with van der Waals surface area (Å²) in [6.07, 6.45) is 0.476. The first-order valence-electron chi connectivity index (χ1n) is 4.33. The van der Waals surface area contributed by atoms with E-state index in [9.17, 15) is 4.39 Å². The van der Waals surface area contributed by atoms with Crippen LogP contribution in [0.1, 0.15) is 18.9 Å². The van der Waals surface area contributed by atoms with Crippen LogP contribution >= 0.6 is 11.6 Å². The smallest absolute Gasteiger partial charge is 0.138 e. The van der Waals surface area contributed by atoms with Crippen molar-refractivity contribution >= 4 is 17.3 Å². The Bertz CT molecular complexity index is 336. The second-order valence-electron chi connectivity index (χ2n) is 3.54. The van der Waals surface area contributed by atoms with E-state index >= 15 is 0 Å². The molecular formula is C10H11ClFN. The van der Waals surface area contributed by atoms with Gasteiger partial charge in [-0.2, -0.15) is 0 Å². The van der Waals surface area contributed by atoms with Crippen LogP contribution in [0.25, 0.3) is 0 Å². The van der Waals surface area contributed by atoms with E-state index in [1.165, 1.54) is 0 Å². The molecule has 0 spiro atoms. The van der Waals surface area contributed by atoms with Crippen LogP contribution in [-0.4, -0.2) is 6.54 Å². The molecule has 3 heteroatoms. The Morgan fingerprint density at radius 3 is 3.00 bits per heavy atom. The molecule has 1 heterocycles. The summed E-state index contributed by atoms with van der Waals surface area (Å²) in [5.74, 6) is 0. The van der Waals surface area contributed by atoms with Gasteiger partial charge < -0.3 is 5.32 Å². The van der Waals surface area contributed by atoms with Gasteiger partial charge in [0.1, 0.15) is 5.67 Å². The molecule has 1 aliphatic heterocycles. The van der Waals surface area contributed by atoms with E-state index in [1.54, 1.807) is 13.0 Å². The number of alkyl halides is 1. The summed E-state index contributed by atoms with van der Waals surface area (Å²) in [5.41, 5.74) is 0.130. The molecular weight excluding hydrogens is 189 g/mol. The first kappa shape index (κ1) is 8.82. The van der Waals surface area contributed by atoms with Crippen LogP contribution in [0, 0.1) is 0 Å². The maximum absolute atomic E-state index is 14.0. The van der Waals surface area contributed by atoms with Crippen LogP contribution in [0.4, 0.5) is 10.1 Å². The molecule has 0 aliphatic carbocycles. The lowest BCUT2D eigenvalue weighted by molar-refractivity contribution is 0.178. The summed E-state index contributed by atoms with van der Waals surface area (Å²) in [6.45, 7) is 2.25. The minimum Gasteiger partial charge on any atom is -0.385 e. The second kappa shape index (κ2) is 2.88. The molecule has 1 N–H and O–H groups in total. The van der Waals surface area contributed by atoms with Gasteiger partial charge >= 0.3 is 0 Å². The summed E-state index contributed by atoms with van der Waals surface area (Å²) in [4.78, 5) is 0. The Balaban J connectivity index is 2.61. The number of nitrogens with one attached hydrogen (secondary N) is 1. The Morgan fingerprint density at radius 1 is 1.54 bits per heavy atom. The zero-order chi connectivity index (χ0) is 9.47. The van der Waals surface area contributed by atoms with Crippen LogP contribution in [0.15, 0.2) is 18.2 Å². The maximum Gasteiger partial charge on any atom is 0.138 e. The molecule has 1 aromatic rings. The molecule has 1 nitrogen and oxygen atoms in total. The minimum atomic E-state index is -1.29. The fourth-order valence-electron chi connectivity index (χ4n) is 1.76. The van der Waals surface area contributed by atoms with Crippen molar-refractivity contribution in [1.29, 1.82) is 0 Å². The monoisotopic (exact) mass is 199 g/mol. The molecule has 1 atom stereocenters. The van der Waals surface area contributed by atoms with Gasteiger partial charge in [0, 0.05) is 29.2 Å². The van der Waals surface area contributed by atoms with Gasteiger partial charge in [-0.1, -0.05) is 17.7 Å². The lowest BCUT2D eigenvalue weighted by Gasteiger charge is -2.30. The van der Waals surface area contributed by atoms with Crippen molar-refractivity contribution in [3.63, 3.8) is 0 Å². The van der Waals surface area contributed by atoms with Crippen LogP contribution in [0.3, 0.4) is 0 Å². The number of hydrogen-bond donors (Lipinski definition) is 1. The predicted octanol–water partition coefficient (Wildman–Crippen LogP) is 3.34. The second-order valence-corrected chi connectivity index (χ2v) is 3.94. The Hall–Kier alpha value is -0.760. The molecule has 0 saturated carbocycles. The molecule has 1 aromatic carbocycles. The lowest BCUT2D eigenvalue weighted by atomic mass is 9.90. The molecule has 0 radical (unpaired) electrons. The summed E-state index contributed by atoms with van der Waals surface area (Å²) in [5, 5.41) is 3.64. The number of hydrogen-bond acceptors (Lipinski definition) is 1. The highest BCUT2D eigenvalue weighted by atomic mass is 35.5. The Kier molecular flexibility index (Phi) is 1.95. The molecule has 70 valence electrons. The van der Waals surface area contributed by atoms with E-state index in [4.69, 9.17) is 11.6 Å². The molecule has 2 rings (SSSR count). The van der Waals surface area contributed by atoms with Crippen molar-refractivity contribution in [3.8, 4) is 0 Å². The SMILES string of the molecule is CC1(F)CCNc2cccc(Cl)c21. The van der Waals surface area contributed by atoms with Crippen molar-refractivity contribution in [2.75, 3.05) is 11.9 Å². The van der Waals surface area contributed by atoms with E-state index < -0.39 is 5.67 Å². The first-order chi connectivity index (χ1) is 6.11. The topological polar surface area (TPSA) is 12.0 Å². The van der Waals surface area contributed by atoms with Crippen molar-refractivity contribution in [2.45, 2.75) is 19.0 Å². The minimum absolute atomic E-state index is 0.476. The number of rotatable bonds is 0. The Labute approximate surface area is 81.9 Å². The molecule has 13 heavy (non-hydrogen) atoms. The Morgan fingerprint density at radius 2 is 2.31 bits per heavy atom. The van der Waals surface area contributed by atoms with Crippen molar-refractivity contribution < 1.29 is 4.39 Å². The van der Waals surface area contributed by atoms with E-state index in [1.807, 2.05) is 12.1 Å². The summed E-state index contributed by atoms with van der Waals surface area (Å²) in [6, 6.07) is 5.42. The van der Waals surface area contributed by atoms with E-state index in [0.29, 0.717) is 23.6 Å². The van der Waals surface area contributed by atoms with E-state index in [-0.39, 0.29) is 0 Å². The molecule has 0 aromatic heterocycles. The fraction of sp³-hybridized carbons (Fsp3) is 0.400. The number of anilines is 1. The van der Waals surface area contributed by atoms with Crippen molar-refractivity contribution in [1.82, 2.24) is 0 Å². The fourth-order valence-corrected chi connectivity index (χ4v) is 2.13. The first-order valence-corrected chi connectivity index (χ1v) is 4.71. The predicted molar refractivity (Wildman–Crippen MR) is 53.0 cm³/mol. The van der Waals surface area contributed by atoms with Crippen LogP contribution in [0.2, 0.25) is 5.02 Å². The van der Waals surface area contributed by atoms with Crippen LogP contribution < -0.4 is 5.32 Å². The third-order valence-corrected chi connectivity index (χ3v) is 2.76. The van der Waals surface area contributed by atoms with Gasteiger partial charge in [0.2, 0.25) is 0 Å². The number of halogens is 2. The van der Waals surface area contributed by atoms with E-state index in [0.717, 1.165) is 5.69 Å². The van der Waals surface area contributed by atoms with Gasteiger partial charge in [-0.15, -0.1) is 0 Å². The average molecular weight is 200 g/mol. The molecule has 1 aliphatic rings. The van der Waals surface area contributed by atoms with Gasteiger partial charge in [0.25, 0.3) is 0 Å². The van der Waals surface area contributed by atoms with Gasteiger partial charge in [-0.25, -0.2) is 4.39 Å². The summed E-state index contributed by atoms with van der Waals surface area (Å²) >= 11 is 5.95. The molecule has 0 saturated heterocycles. The van der Waals surface area contributed by atoms with Gasteiger partial charge in [-0.05, 0) is 19.1 Å². The highest BCUT2D eigenvalue weighted by Crippen LogP contribution is 2.41. The van der Waals surface area contributed by atoms with Crippen molar-refractivity contribution in [2.24, 2.45) is 0 Å². The summed E-state index contributed by atoms with van der Waals surface area (Å²) in [7, 11) is 0. The lowest BCUT2D eigenvalue weighted by Crippen LogP contribution is -2.27. The zero-order valence-electron chi connectivity index (χ0n) is 7.40. The quantitative estimate of drug-likeness (QED) is 0.676. The van der Waals surface area contributed by atoms with Gasteiger partial charge in [0.15, 0.2) is 0 Å². The number of benzene rings is 1. The highest BCUT2D eigenvalue weighted by Gasteiger charge is 2.33. The van der Waals surface area contributed by atoms with E-state index in [2.05, 4.69) is 5.32 Å². The summed E-state index contributed by atoms with van der Waals surface area (Å²) < 4.78 is 14.0. The normalized spacial score (nSPS) is 26.4. The van der Waals surface area contributed by atoms with Gasteiger partial charge in [-0.3, -0.25) is 0 Å². The maximum atomic E-state index is 14.0. The number of fused-ring (bicyclic) bond motifs is 1. The van der Waals surface area contributed by atoms with Crippen molar-refractivity contribution in [3.05, 3.63) is 28.8 Å². The molecule has 0 fully saturated rings. The van der Waals surface area contributed by atoms with Crippen LogP contribution in [-0.2, 0) is 5.67 Å². The molecule has 0 bridgehead atoms. The third kappa shape index (κ3) is 1.39. The molecule has 0 amide bonds. The zero-order valence-corrected chi connectivity index (χ0v) is 8.16. The highest BCUT2D eigenvalue weighted by molar-refractivity contribution is 6.31. The van der Waals surface area contributed by atoms with Crippen LogP contribution in [0.5, 0.6) is 0 Å².